The van der Waals surface area contributed by atoms with Crippen LogP contribution >= 0.6 is 11.8 Å². The number of thioether (sulfide) groups is 1. The van der Waals surface area contributed by atoms with Crippen molar-refractivity contribution in [2.75, 3.05) is 12.4 Å². The van der Waals surface area contributed by atoms with Crippen LogP contribution in [-0.4, -0.2) is 30.2 Å². The van der Waals surface area contributed by atoms with Crippen molar-refractivity contribution in [3.05, 3.63) is 47.9 Å². The monoisotopic (exact) mass is 361 g/mol. The molecule has 0 saturated heterocycles. The Hall–Kier alpha value is -2.74. The van der Waals surface area contributed by atoms with Crippen molar-refractivity contribution in [2.45, 2.75) is 23.2 Å². The van der Waals surface area contributed by atoms with Crippen molar-refractivity contribution in [1.82, 2.24) is 0 Å². The van der Waals surface area contributed by atoms with Crippen LogP contribution in [0.15, 0.2) is 45.7 Å². The standard InChI is InChI=1S/C17H15NO6S/c1-22-17(21)12-7-6-10(24-12)9-23-15(19)8-14-16(20)18-11-4-2-3-5-13(11)25-14/h2-7,14H,8-9H2,1H3,(H,18,20). The van der Waals surface area contributed by atoms with Crippen LogP contribution in [0, 0.1) is 0 Å². The summed E-state index contributed by atoms with van der Waals surface area (Å²) in [4.78, 5) is 36.3. The Labute approximate surface area is 147 Å². The number of furan rings is 1. The Balaban J connectivity index is 1.54. The number of nitrogens with one attached hydrogen (secondary N) is 1. The topological polar surface area (TPSA) is 94.8 Å². The normalized spacial score (nSPS) is 15.9. The molecule has 7 nitrogen and oxygen atoms in total. The summed E-state index contributed by atoms with van der Waals surface area (Å²) in [6, 6.07) is 10.4. The molecule has 0 saturated carbocycles. The maximum Gasteiger partial charge on any atom is 0.373 e. The molecule has 0 spiro atoms. The molecule has 3 rings (SSSR count). The van der Waals surface area contributed by atoms with Crippen LogP contribution in [0.2, 0.25) is 0 Å². The third-order valence-electron chi connectivity index (χ3n) is 3.48. The van der Waals surface area contributed by atoms with Gasteiger partial charge >= 0.3 is 11.9 Å². The molecule has 0 radical (unpaired) electrons. The molecule has 130 valence electrons. The van der Waals surface area contributed by atoms with Gasteiger partial charge in [0.05, 0.1) is 24.5 Å². The van der Waals surface area contributed by atoms with E-state index in [1.807, 2.05) is 24.3 Å². The second-order valence-electron chi connectivity index (χ2n) is 5.21. The Morgan fingerprint density at radius 2 is 2.04 bits per heavy atom. The van der Waals surface area contributed by atoms with Crippen LogP contribution in [0.4, 0.5) is 5.69 Å². The lowest BCUT2D eigenvalue weighted by Gasteiger charge is -2.23. The number of esters is 2. The Bertz CT molecular complexity index is 815. The molecule has 1 aliphatic rings. The average Bonchev–Trinajstić information content (AvgIpc) is 3.09. The van der Waals surface area contributed by atoms with Gasteiger partial charge in [-0.15, -0.1) is 11.8 Å². The molecule has 8 heteroatoms. The highest BCUT2D eigenvalue weighted by Gasteiger charge is 2.29. The molecule has 25 heavy (non-hydrogen) atoms. The molecule has 0 aliphatic carbocycles. The zero-order valence-electron chi connectivity index (χ0n) is 13.3. The van der Waals surface area contributed by atoms with E-state index in [9.17, 15) is 14.4 Å². The number of para-hydroxylation sites is 1. The maximum atomic E-state index is 12.1. The molecule has 0 bridgehead atoms. The Morgan fingerprint density at radius 3 is 2.84 bits per heavy atom. The van der Waals surface area contributed by atoms with Crippen molar-refractivity contribution in [2.24, 2.45) is 0 Å². The van der Waals surface area contributed by atoms with Crippen LogP contribution in [0.1, 0.15) is 22.7 Å². The molecule has 1 aromatic carbocycles. The van der Waals surface area contributed by atoms with Crippen LogP contribution in [0.5, 0.6) is 0 Å². The number of hydrogen-bond donors (Lipinski definition) is 1. The SMILES string of the molecule is COC(=O)c1ccc(COC(=O)CC2Sc3ccccc3NC2=O)o1. The molecule has 1 aromatic heterocycles. The van der Waals surface area contributed by atoms with Crippen LogP contribution in [-0.2, 0) is 25.7 Å². The molecule has 1 N–H and O–H groups in total. The number of rotatable bonds is 5. The molecular weight excluding hydrogens is 346 g/mol. The molecule has 1 aliphatic heterocycles. The summed E-state index contributed by atoms with van der Waals surface area (Å²) in [5, 5.41) is 2.22. The van der Waals surface area contributed by atoms with Crippen molar-refractivity contribution >= 4 is 35.3 Å². The van der Waals surface area contributed by atoms with E-state index in [4.69, 9.17) is 9.15 Å². The van der Waals surface area contributed by atoms with Gasteiger partial charge in [-0.1, -0.05) is 12.1 Å². The lowest BCUT2D eigenvalue weighted by atomic mass is 10.2. The molecule has 1 atom stereocenters. The number of carbonyl (C=O) groups excluding carboxylic acids is 3. The molecule has 1 unspecified atom stereocenters. The van der Waals surface area contributed by atoms with Crippen LogP contribution in [0.25, 0.3) is 0 Å². The second kappa shape index (κ2) is 7.43. The van der Waals surface area contributed by atoms with Crippen LogP contribution < -0.4 is 5.32 Å². The first-order chi connectivity index (χ1) is 12.1. The Kier molecular flexibility index (Phi) is 5.08. The second-order valence-corrected chi connectivity index (χ2v) is 6.46. The lowest BCUT2D eigenvalue weighted by Crippen LogP contribution is -2.31. The predicted molar refractivity (Wildman–Crippen MR) is 89.2 cm³/mol. The highest BCUT2D eigenvalue weighted by atomic mass is 32.2. The van der Waals surface area contributed by atoms with E-state index in [1.165, 1.54) is 31.0 Å². The van der Waals surface area contributed by atoms with E-state index in [-0.39, 0.29) is 24.7 Å². The zero-order valence-corrected chi connectivity index (χ0v) is 14.1. The fourth-order valence-electron chi connectivity index (χ4n) is 2.25. The highest BCUT2D eigenvalue weighted by Crippen LogP contribution is 2.36. The first-order valence-electron chi connectivity index (χ1n) is 7.46. The Morgan fingerprint density at radius 1 is 1.24 bits per heavy atom. The smallest absolute Gasteiger partial charge is 0.373 e. The molecular formula is C17H15NO6S. The first-order valence-corrected chi connectivity index (χ1v) is 8.34. The fourth-order valence-corrected chi connectivity index (χ4v) is 3.35. The average molecular weight is 361 g/mol. The molecule has 0 fully saturated rings. The van der Waals surface area contributed by atoms with Gasteiger partial charge in [-0.3, -0.25) is 9.59 Å². The number of anilines is 1. The van der Waals surface area contributed by atoms with Crippen molar-refractivity contribution in [3.63, 3.8) is 0 Å². The summed E-state index contributed by atoms with van der Waals surface area (Å²) in [6.07, 6.45) is -0.0601. The minimum atomic E-state index is -0.605. The number of ether oxygens (including phenoxy) is 2. The molecule has 2 aromatic rings. The minimum Gasteiger partial charge on any atom is -0.463 e. The van der Waals surface area contributed by atoms with Gasteiger partial charge in [-0.2, -0.15) is 0 Å². The van der Waals surface area contributed by atoms with Gasteiger partial charge in [0.1, 0.15) is 12.4 Å². The number of amides is 1. The number of carbonyl (C=O) groups is 3. The predicted octanol–water partition coefficient (Wildman–Crippen LogP) is 2.61. The van der Waals surface area contributed by atoms with Gasteiger partial charge in [0.15, 0.2) is 0 Å². The van der Waals surface area contributed by atoms with Gasteiger partial charge in [-0.05, 0) is 24.3 Å². The third kappa shape index (κ3) is 4.03. The molecule has 1 amide bonds. The van der Waals surface area contributed by atoms with E-state index < -0.39 is 17.2 Å². The summed E-state index contributed by atoms with van der Waals surface area (Å²) in [5.74, 6) is -1.01. The number of fused-ring (bicyclic) bond motifs is 1. The van der Waals surface area contributed by atoms with Crippen molar-refractivity contribution in [3.8, 4) is 0 Å². The van der Waals surface area contributed by atoms with Gasteiger partial charge in [0.2, 0.25) is 11.7 Å². The summed E-state index contributed by atoms with van der Waals surface area (Å²) in [7, 11) is 1.25. The van der Waals surface area contributed by atoms with Gasteiger partial charge in [-0.25, -0.2) is 4.79 Å². The third-order valence-corrected chi connectivity index (χ3v) is 4.76. The van der Waals surface area contributed by atoms with E-state index in [0.29, 0.717) is 5.76 Å². The fraction of sp³-hybridized carbons (Fsp3) is 0.235. The van der Waals surface area contributed by atoms with Crippen molar-refractivity contribution < 1.29 is 28.3 Å². The van der Waals surface area contributed by atoms with E-state index >= 15 is 0 Å². The summed E-state index contributed by atoms with van der Waals surface area (Å²) in [6.45, 7) is -0.120. The summed E-state index contributed by atoms with van der Waals surface area (Å²) < 4.78 is 14.9. The molecule has 2 heterocycles. The largest absolute Gasteiger partial charge is 0.463 e. The number of methoxy groups -OCH3 is 1. The maximum absolute atomic E-state index is 12.1. The number of benzene rings is 1. The quantitative estimate of drug-likeness (QED) is 0.818. The summed E-state index contributed by atoms with van der Waals surface area (Å²) in [5.41, 5.74) is 0.744. The highest BCUT2D eigenvalue weighted by molar-refractivity contribution is 8.01. The van der Waals surface area contributed by atoms with Gasteiger partial charge < -0.3 is 19.2 Å². The van der Waals surface area contributed by atoms with Gasteiger partial charge in [0.25, 0.3) is 0 Å². The number of hydrogen-bond acceptors (Lipinski definition) is 7. The first kappa shape index (κ1) is 17.1. The van der Waals surface area contributed by atoms with E-state index in [2.05, 4.69) is 10.1 Å². The zero-order chi connectivity index (χ0) is 17.8. The summed E-state index contributed by atoms with van der Waals surface area (Å²) >= 11 is 1.33. The minimum absolute atomic E-state index is 0.0346. The van der Waals surface area contributed by atoms with Crippen LogP contribution in [0.3, 0.4) is 0 Å². The van der Waals surface area contributed by atoms with Crippen molar-refractivity contribution in [1.29, 1.82) is 0 Å². The van der Waals surface area contributed by atoms with E-state index in [0.717, 1.165) is 10.6 Å². The van der Waals surface area contributed by atoms with E-state index in [1.54, 1.807) is 0 Å². The lowest BCUT2D eigenvalue weighted by molar-refractivity contribution is -0.146. The van der Waals surface area contributed by atoms with Gasteiger partial charge in [0, 0.05) is 4.90 Å².